The third-order valence-electron chi connectivity index (χ3n) is 4.13. The van der Waals surface area contributed by atoms with Gasteiger partial charge in [-0.25, -0.2) is 4.99 Å². The van der Waals surface area contributed by atoms with Gasteiger partial charge in [0.15, 0.2) is 5.84 Å². The van der Waals surface area contributed by atoms with Crippen molar-refractivity contribution in [3.63, 3.8) is 0 Å². The summed E-state index contributed by atoms with van der Waals surface area (Å²) in [5.41, 5.74) is 0.122. The number of hydrogen-bond donors (Lipinski definition) is 1. The SMILES string of the molecule is C.CN(C)C1=NC(c2cccc(OC(F)(F)F)c2)=NC12CCNCC2. The molecule has 5 nitrogen and oxygen atoms in total. The monoisotopic (exact) mass is 356 g/mol. The Kier molecular flexibility index (Phi) is 5.41. The maximum Gasteiger partial charge on any atom is 0.573 e. The summed E-state index contributed by atoms with van der Waals surface area (Å²) >= 11 is 0. The van der Waals surface area contributed by atoms with Gasteiger partial charge in [-0.3, -0.25) is 4.99 Å². The van der Waals surface area contributed by atoms with E-state index in [9.17, 15) is 13.2 Å². The second-order valence-electron chi connectivity index (χ2n) is 6.12. The van der Waals surface area contributed by atoms with Gasteiger partial charge in [0.2, 0.25) is 0 Å². The molecule has 1 N–H and O–H groups in total. The summed E-state index contributed by atoms with van der Waals surface area (Å²) in [5.74, 6) is 1.03. The van der Waals surface area contributed by atoms with Crippen LogP contribution in [0.5, 0.6) is 5.75 Å². The van der Waals surface area contributed by atoms with Crippen LogP contribution in [0.25, 0.3) is 0 Å². The molecule has 0 atom stereocenters. The Morgan fingerprint density at radius 3 is 2.48 bits per heavy atom. The number of ether oxygens (including phenoxy) is 1. The van der Waals surface area contributed by atoms with E-state index in [1.54, 1.807) is 6.07 Å². The first-order chi connectivity index (χ1) is 11.3. The second-order valence-corrected chi connectivity index (χ2v) is 6.12. The van der Waals surface area contributed by atoms with Gasteiger partial charge in [0, 0.05) is 19.7 Å². The smallest absolute Gasteiger partial charge is 0.406 e. The Hall–Kier alpha value is -2.09. The Morgan fingerprint density at radius 2 is 1.88 bits per heavy atom. The molecule has 0 aliphatic carbocycles. The predicted molar refractivity (Wildman–Crippen MR) is 92.3 cm³/mol. The molecular weight excluding hydrogens is 333 g/mol. The number of benzene rings is 1. The summed E-state index contributed by atoms with van der Waals surface area (Å²) in [6, 6.07) is 5.79. The standard InChI is InChI=1S/C16H19F3N4O.CH4/c1-23(2)14-15(6-8-20-9-7-15)22-13(21-14)11-4-3-5-12(10-11)24-16(17,18)19;/h3-5,10,20H,6-9H2,1-2H3;1H4. The summed E-state index contributed by atoms with van der Waals surface area (Å²) in [5, 5.41) is 3.30. The van der Waals surface area contributed by atoms with Crippen LogP contribution in [0.3, 0.4) is 0 Å². The molecular formula is C17H23F3N4O. The lowest BCUT2D eigenvalue weighted by molar-refractivity contribution is -0.274. The minimum absolute atomic E-state index is 0. The molecule has 8 heteroatoms. The van der Waals surface area contributed by atoms with Gasteiger partial charge in [-0.15, -0.1) is 13.2 Å². The molecule has 25 heavy (non-hydrogen) atoms. The first-order valence-electron chi connectivity index (χ1n) is 7.72. The van der Waals surface area contributed by atoms with E-state index in [0.29, 0.717) is 11.4 Å². The van der Waals surface area contributed by atoms with Crippen molar-refractivity contribution in [3.8, 4) is 5.75 Å². The zero-order chi connectivity index (χ0) is 17.4. The van der Waals surface area contributed by atoms with Crippen molar-refractivity contribution in [1.29, 1.82) is 0 Å². The molecule has 0 radical (unpaired) electrons. The fourth-order valence-electron chi connectivity index (χ4n) is 3.14. The average Bonchev–Trinajstić information content (AvgIpc) is 2.86. The van der Waals surface area contributed by atoms with Gasteiger partial charge >= 0.3 is 6.36 Å². The van der Waals surface area contributed by atoms with Crippen molar-refractivity contribution in [2.75, 3.05) is 27.2 Å². The fraction of sp³-hybridized carbons (Fsp3) is 0.529. The van der Waals surface area contributed by atoms with Crippen LogP contribution < -0.4 is 10.1 Å². The Bertz CT molecular complexity index is 677. The van der Waals surface area contributed by atoms with Crippen molar-refractivity contribution >= 4 is 11.7 Å². The summed E-state index contributed by atoms with van der Waals surface area (Å²) in [4.78, 5) is 11.3. The topological polar surface area (TPSA) is 49.2 Å². The summed E-state index contributed by atoms with van der Waals surface area (Å²) in [7, 11) is 3.81. The minimum atomic E-state index is -4.72. The maximum absolute atomic E-state index is 12.4. The van der Waals surface area contributed by atoms with E-state index in [1.165, 1.54) is 18.2 Å². The number of rotatable bonds is 2. The molecule has 1 aromatic carbocycles. The molecule has 2 aliphatic heterocycles. The highest BCUT2D eigenvalue weighted by Gasteiger charge is 2.42. The highest BCUT2D eigenvalue weighted by Crippen LogP contribution is 2.33. The van der Waals surface area contributed by atoms with Crippen molar-refractivity contribution in [2.24, 2.45) is 9.98 Å². The van der Waals surface area contributed by atoms with Crippen LogP contribution in [0, 0.1) is 0 Å². The molecule has 0 bridgehead atoms. The van der Waals surface area contributed by atoms with Crippen molar-refractivity contribution in [2.45, 2.75) is 32.2 Å². The molecule has 0 amide bonds. The van der Waals surface area contributed by atoms with Crippen molar-refractivity contribution in [3.05, 3.63) is 29.8 Å². The first kappa shape index (κ1) is 19.2. The van der Waals surface area contributed by atoms with Crippen molar-refractivity contribution < 1.29 is 17.9 Å². The lowest BCUT2D eigenvalue weighted by atomic mass is 9.87. The lowest BCUT2D eigenvalue weighted by Gasteiger charge is -2.34. The highest BCUT2D eigenvalue weighted by molar-refractivity contribution is 6.14. The summed E-state index contributed by atoms with van der Waals surface area (Å²) in [6.45, 7) is 1.67. The molecule has 1 saturated heterocycles. The van der Waals surface area contributed by atoms with E-state index >= 15 is 0 Å². The van der Waals surface area contributed by atoms with E-state index in [2.05, 4.69) is 15.0 Å². The molecule has 1 fully saturated rings. The zero-order valence-electron chi connectivity index (χ0n) is 13.5. The summed E-state index contributed by atoms with van der Waals surface area (Å²) in [6.07, 6.45) is -3.09. The number of nitrogens with zero attached hydrogens (tertiary/aromatic N) is 3. The number of amidine groups is 2. The predicted octanol–water partition coefficient (Wildman–Crippen LogP) is 3.06. The van der Waals surface area contributed by atoms with Crippen molar-refractivity contribution in [1.82, 2.24) is 10.2 Å². The number of piperidine rings is 1. The van der Waals surface area contributed by atoms with Gasteiger partial charge in [0.25, 0.3) is 0 Å². The molecule has 138 valence electrons. The summed E-state index contributed by atoms with van der Waals surface area (Å²) < 4.78 is 41.2. The van der Waals surface area contributed by atoms with E-state index in [-0.39, 0.29) is 13.2 Å². The minimum Gasteiger partial charge on any atom is -0.406 e. The third kappa shape index (κ3) is 4.12. The Balaban J connectivity index is 0.00000225. The first-order valence-corrected chi connectivity index (χ1v) is 7.72. The zero-order valence-corrected chi connectivity index (χ0v) is 13.5. The number of likely N-dealkylation sites (N-methyl/N-ethyl adjacent to an activating group) is 1. The van der Waals surface area contributed by atoms with Crippen LogP contribution in [-0.2, 0) is 0 Å². The molecule has 1 spiro atoms. The fourth-order valence-corrected chi connectivity index (χ4v) is 3.14. The second kappa shape index (κ2) is 7.03. The van der Waals surface area contributed by atoms with Gasteiger partial charge in [0.1, 0.15) is 17.1 Å². The highest BCUT2D eigenvalue weighted by atomic mass is 19.4. The quantitative estimate of drug-likeness (QED) is 0.886. The molecule has 0 saturated carbocycles. The Labute approximate surface area is 145 Å². The molecule has 2 aliphatic rings. The number of hydrogen-bond acceptors (Lipinski definition) is 5. The van der Waals surface area contributed by atoms with Crippen LogP contribution in [0.2, 0.25) is 0 Å². The molecule has 2 heterocycles. The Morgan fingerprint density at radius 1 is 1.20 bits per heavy atom. The molecule has 3 rings (SSSR count). The van der Waals surface area contributed by atoms with Gasteiger partial charge in [-0.05, 0) is 38.1 Å². The number of alkyl halides is 3. The lowest BCUT2D eigenvalue weighted by Crippen LogP contribution is -2.49. The average molecular weight is 356 g/mol. The van der Waals surface area contributed by atoms with Gasteiger partial charge in [-0.1, -0.05) is 19.6 Å². The van der Waals surface area contributed by atoms with Crippen LogP contribution >= 0.6 is 0 Å². The van der Waals surface area contributed by atoms with Crippen LogP contribution in [0.1, 0.15) is 25.8 Å². The molecule has 0 aromatic heterocycles. The van der Waals surface area contributed by atoms with E-state index in [4.69, 9.17) is 4.99 Å². The van der Waals surface area contributed by atoms with Gasteiger partial charge in [-0.2, -0.15) is 0 Å². The van der Waals surface area contributed by atoms with Gasteiger partial charge in [0.05, 0.1) is 0 Å². The number of nitrogens with one attached hydrogen (secondary N) is 1. The van der Waals surface area contributed by atoms with Gasteiger partial charge < -0.3 is 15.0 Å². The van der Waals surface area contributed by atoms with E-state index in [0.717, 1.165) is 31.8 Å². The van der Waals surface area contributed by atoms with Crippen LogP contribution in [0.4, 0.5) is 13.2 Å². The maximum atomic E-state index is 12.4. The van der Waals surface area contributed by atoms with Crippen LogP contribution in [-0.4, -0.2) is 55.7 Å². The van der Waals surface area contributed by atoms with E-state index in [1.807, 2.05) is 19.0 Å². The normalized spacial score (nSPS) is 19.1. The number of aliphatic imine (C=N–C) groups is 2. The number of halogens is 3. The van der Waals surface area contributed by atoms with Crippen LogP contribution in [0.15, 0.2) is 34.3 Å². The molecule has 0 unspecified atom stereocenters. The largest absolute Gasteiger partial charge is 0.573 e. The third-order valence-corrected chi connectivity index (χ3v) is 4.13. The molecule has 1 aromatic rings. The van der Waals surface area contributed by atoms with E-state index < -0.39 is 11.9 Å².